The van der Waals surface area contributed by atoms with Gasteiger partial charge in [0.05, 0.1) is 12.2 Å². The van der Waals surface area contributed by atoms with Gasteiger partial charge in [-0.25, -0.2) is 13.4 Å². The topological polar surface area (TPSA) is 86.7 Å². The molecule has 37 heavy (non-hydrogen) atoms. The number of carbonyl (C=O) groups is 1. The second-order valence-corrected chi connectivity index (χ2v) is 13.5. The third-order valence-electron chi connectivity index (χ3n) is 6.52. The first-order chi connectivity index (χ1) is 17.4. The summed E-state index contributed by atoms with van der Waals surface area (Å²) < 4.78 is 29.1. The highest BCUT2D eigenvalue weighted by atomic mass is 35.5. The molecule has 8 nitrogen and oxygen atoms in total. The SMILES string of the molecule is Cl.O=C(c1nc2c(s1)CN(c1ccncc1)CC2)N1CCN(S(=O)(=O)c2cc3ccc(Cl)cc3s2)CC1. The Balaban J connectivity index is 0.00000280. The first-order valence-corrected chi connectivity index (χ1v) is 15.0. The maximum atomic E-state index is 13.2. The van der Waals surface area contributed by atoms with Gasteiger partial charge < -0.3 is 9.80 Å². The summed E-state index contributed by atoms with van der Waals surface area (Å²) in [5.41, 5.74) is 2.09. The zero-order valence-corrected chi connectivity index (χ0v) is 23.6. The number of hydrogen-bond donors (Lipinski definition) is 0. The number of thiazole rings is 1. The number of anilines is 1. The fraction of sp³-hybridized carbons (Fsp3) is 0.292. The Kier molecular flexibility index (Phi) is 7.45. The van der Waals surface area contributed by atoms with Crippen LogP contribution in [0.1, 0.15) is 20.4 Å². The summed E-state index contributed by atoms with van der Waals surface area (Å²) >= 11 is 8.72. The van der Waals surface area contributed by atoms with Gasteiger partial charge in [0.1, 0.15) is 4.21 Å². The number of sulfonamides is 1. The molecule has 13 heteroatoms. The summed E-state index contributed by atoms with van der Waals surface area (Å²) in [6.45, 7) is 2.74. The summed E-state index contributed by atoms with van der Waals surface area (Å²) in [6.07, 6.45) is 4.35. The van der Waals surface area contributed by atoms with Crippen LogP contribution in [-0.2, 0) is 23.0 Å². The molecule has 194 valence electrons. The molecule has 1 aromatic carbocycles. The first kappa shape index (κ1) is 26.3. The maximum absolute atomic E-state index is 13.2. The zero-order valence-electron chi connectivity index (χ0n) is 19.5. The van der Waals surface area contributed by atoms with E-state index in [0.717, 1.165) is 45.9 Å². The van der Waals surface area contributed by atoms with E-state index < -0.39 is 10.0 Å². The molecule has 0 N–H and O–H groups in total. The second kappa shape index (κ2) is 10.5. The number of amides is 1. The highest BCUT2D eigenvalue weighted by Crippen LogP contribution is 2.33. The van der Waals surface area contributed by atoms with E-state index in [4.69, 9.17) is 11.6 Å². The summed E-state index contributed by atoms with van der Waals surface area (Å²) in [6, 6.07) is 11.0. The number of carbonyl (C=O) groups excluding carboxylic acids is 1. The molecule has 0 atom stereocenters. The molecule has 0 radical (unpaired) electrons. The number of thiophene rings is 1. The number of nitrogens with zero attached hydrogens (tertiary/aromatic N) is 5. The third kappa shape index (κ3) is 5.08. The van der Waals surface area contributed by atoms with Crippen LogP contribution in [0.5, 0.6) is 0 Å². The van der Waals surface area contributed by atoms with Crippen LogP contribution in [0.4, 0.5) is 5.69 Å². The molecule has 1 saturated heterocycles. The lowest BCUT2D eigenvalue weighted by Gasteiger charge is -2.33. The Labute approximate surface area is 234 Å². The van der Waals surface area contributed by atoms with Gasteiger partial charge in [0, 0.05) is 71.8 Å². The molecule has 0 bridgehead atoms. The van der Waals surface area contributed by atoms with Crippen LogP contribution in [0.25, 0.3) is 10.1 Å². The van der Waals surface area contributed by atoms with Crippen LogP contribution in [-0.4, -0.2) is 66.2 Å². The Morgan fingerprint density at radius 3 is 2.49 bits per heavy atom. The monoisotopic (exact) mass is 595 g/mol. The quantitative estimate of drug-likeness (QED) is 0.344. The molecule has 0 saturated carbocycles. The van der Waals surface area contributed by atoms with Crippen molar-refractivity contribution < 1.29 is 13.2 Å². The molecule has 3 aromatic heterocycles. The Morgan fingerprint density at radius 1 is 0.973 bits per heavy atom. The van der Waals surface area contributed by atoms with E-state index in [-0.39, 0.29) is 31.4 Å². The predicted octanol–water partition coefficient (Wildman–Crippen LogP) is 4.54. The van der Waals surface area contributed by atoms with Crippen molar-refractivity contribution in [1.82, 2.24) is 19.2 Å². The van der Waals surface area contributed by atoms with Crippen molar-refractivity contribution >= 4 is 78.4 Å². The van der Waals surface area contributed by atoms with Gasteiger partial charge in [-0.05, 0) is 35.7 Å². The number of rotatable bonds is 4. The van der Waals surface area contributed by atoms with E-state index in [9.17, 15) is 13.2 Å². The number of fused-ring (bicyclic) bond motifs is 2. The smallest absolute Gasteiger partial charge is 0.282 e. The minimum atomic E-state index is -3.64. The lowest BCUT2D eigenvalue weighted by molar-refractivity contribution is 0.0697. The average Bonchev–Trinajstić information content (AvgIpc) is 3.53. The summed E-state index contributed by atoms with van der Waals surface area (Å²) in [7, 11) is -3.64. The van der Waals surface area contributed by atoms with Crippen molar-refractivity contribution in [2.75, 3.05) is 37.6 Å². The average molecular weight is 597 g/mol. The van der Waals surface area contributed by atoms with Crippen molar-refractivity contribution in [3.8, 4) is 0 Å². The zero-order chi connectivity index (χ0) is 24.9. The van der Waals surface area contributed by atoms with Gasteiger partial charge >= 0.3 is 0 Å². The summed E-state index contributed by atoms with van der Waals surface area (Å²) in [4.78, 5) is 27.0. The fourth-order valence-corrected chi connectivity index (χ4v) is 8.91. The van der Waals surface area contributed by atoms with Gasteiger partial charge in [-0.1, -0.05) is 17.7 Å². The van der Waals surface area contributed by atoms with Crippen molar-refractivity contribution in [3.63, 3.8) is 0 Å². The molecule has 0 unspecified atom stereocenters. The minimum Gasteiger partial charge on any atom is -0.366 e. The molecule has 0 aliphatic carbocycles. The first-order valence-electron chi connectivity index (χ1n) is 11.5. The van der Waals surface area contributed by atoms with Gasteiger partial charge in [0.2, 0.25) is 0 Å². The predicted molar refractivity (Wildman–Crippen MR) is 150 cm³/mol. The van der Waals surface area contributed by atoms with Crippen LogP contribution in [0, 0.1) is 0 Å². The van der Waals surface area contributed by atoms with Gasteiger partial charge in [-0.3, -0.25) is 9.78 Å². The second-order valence-electron chi connectivity index (χ2n) is 8.71. The molecule has 5 heterocycles. The standard InChI is InChI=1S/C24H22ClN5O3S3.ClH/c25-17-2-1-16-13-22(34-20(16)14-17)36(32,33)30-11-9-28(10-12-30)24(31)23-27-19-5-8-29(15-21(19)35-23)18-3-6-26-7-4-18;/h1-4,6-7,13-14H,5,8-12,15H2;1H. The molecule has 4 aromatic rings. The molecular weight excluding hydrogens is 573 g/mol. The number of pyridine rings is 1. The largest absolute Gasteiger partial charge is 0.366 e. The molecule has 2 aliphatic rings. The Hall–Kier alpha value is -2.28. The van der Waals surface area contributed by atoms with Gasteiger partial charge in [-0.2, -0.15) is 4.31 Å². The van der Waals surface area contributed by atoms with Crippen molar-refractivity contribution in [2.45, 2.75) is 17.2 Å². The number of hydrogen-bond acceptors (Lipinski definition) is 8. The van der Waals surface area contributed by atoms with Gasteiger partial charge in [-0.15, -0.1) is 35.1 Å². The Morgan fingerprint density at radius 2 is 1.73 bits per heavy atom. The maximum Gasteiger partial charge on any atom is 0.282 e. The molecule has 2 aliphatic heterocycles. The van der Waals surface area contributed by atoms with E-state index in [1.807, 2.05) is 18.2 Å². The number of aromatic nitrogens is 2. The molecule has 6 rings (SSSR count). The number of benzene rings is 1. The lowest BCUT2D eigenvalue weighted by Crippen LogP contribution is -2.50. The Bertz CT molecular complexity index is 1550. The summed E-state index contributed by atoms with van der Waals surface area (Å²) in [5, 5.41) is 1.91. The molecular formula is C24H23Cl2N5O3S3. The fourth-order valence-electron chi connectivity index (χ4n) is 4.56. The van der Waals surface area contributed by atoms with E-state index in [1.165, 1.54) is 27.0 Å². The van der Waals surface area contributed by atoms with Gasteiger partial charge in [0.15, 0.2) is 5.01 Å². The van der Waals surface area contributed by atoms with E-state index in [1.54, 1.807) is 35.5 Å². The van der Waals surface area contributed by atoms with Crippen LogP contribution in [0.3, 0.4) is 0 Å². The number of piperazine rings is 1. The van der Waals surface area contributed by atoms with Crippen LogP contribution >= 0.6 is 46.7 Å². The minimum absolute atomic E-state index is 0. The van der Waals surface area contributed by atoms with Crippen LogP contribution in [0.15, 0.2) is 53.0 Å². The van der Waals surface area contributed by atoms with Crippen LogP contribution < -0.4 is 4.90 Å². The molecule has 1 fully saturated rings. The molecule has 0 spiro atoms. The van der Waals surface area contributed by atoms with E-state index >= 15 is 0 Å². The molecule has 1 amide bonds. The van der Waals surface area contributed by atoms with Crippen molar-refractivity contribution in [3.05, 3.63) is 69.4 Å². The highest BCUT2D eigenvalue weighted by Gasteiger charge is 2.33. The summed E-state index contributed by atoms with van der Waals surface area (Å²) in [5.74, 6) is -0.126. The van der Waals surface area contributed by atoms with Crippen LogP contribution in [0.2, 0.25) is 5.02 Å². The third-order valence-corrected chi connectivity index (χ3v) is 11.3. The van der Waals surface area contributed by atoms with E-state index in [0.29, 0.717) is 27.3 Å². The van der Waals surface area contributed by atoms with Crippen molar-refractivity contribution in [2.24, 2.45) is 0 Å². The van der Waals surface area contributed by atoms with Crippen molar-refractivity contribution in [1.29, 1.82) is 0 Å². The van der Waals surface area contributed by atoms with Gasteiger partial charge in [0.25, 0.3) is 15.9 Å². The highest BCUT2D eigenvalue weighted by molar-refractivity contribution is 7.91. The lowest BCUT2D eigenvalue weighted by atomic mass is 10.1. The number of halogens is 2. The van der Waals surface area contributed by atoms with E-state index in [2.05, 4.69) is 14.9 Å². The normalized spacial score (nSPS) is 16.5.